The van der Waals surface area contributed by atoms with E-state index in [1.165, 1.54) is 10.3 Å². The number of thiophene rings is 1. The van der Waals surface area contributed by atoms with Gasteiger partial charge in [0.05, 0.1) is 16.8 Å². The molecule has 0 atom stereocenters. The number of ether oxygens (including phenoxy) is 1. The molecule has 1 aliphatic heterocycles. The van der Waals surface area contributed by atoms with Crippen molar-refractivity contribution in [2.24, 2.45) is 5.41 Å². The second-order valence-electron chi connectivity index (χ2n) is 5.52. The van der Waals surface area contributed by atoms with E-state index in [9.17, 15) is 5.11 Å². The summed E-state index contributed by atoms with van der Waals surface area (Å²) in [6.07, 6.45) is 3.79. The first kappa shape index (κ1) is 13.9. The summed E-state index contributed by atoms with van der Waals surface area (Å²) in [7, 11) is 0. The van der Waals surface area contributed by atoms with Gasteiger partial charge < -0.3 is 15.2 Å². The Labute approximate surface area is 122 Å². The Morgan fingerprint density at radius 3 is 3.05 bits per heavy atom. The summed E-state index contributed by atoms with van der Waals surface area (Å²) in [6, 6.07) is 4.23. The molecule has 108 valence electrons. The van der Waals surface area contributed by atoms with Crippen molar-refractivity contribution in [3.05, 3.63) is 29.3 Å². The van der Waals surface area contributed by atoms with Crippen molar-refractivity contribution in [3.63, 3.8) is 0 Å². The molecule has 2 aromatic heterocycles. The highest BCUT2D eigenvalue weighted by atomic mass is 32.1. The number of hydrogen-bond donors (Lipinski definition) is 2. The van der Waals surface area contributed by atoms with Gasteiger partial charge in [-0.15, -0.1) is 11.3 Å². The van der Waals surface area contributed by atoms with Gasteiger partial charge in [-0.1, -0.05) is 0 Å². The Hall–Kier alpha value is -1.01. The molecule has 1 aliphatic rings. The molecular weight excluding hydrogens is 272 g/mol. The summed E-state index contributed by atoms with van der Waals surface area (Å²) in [5, 5.41) is 15.2. The maximum atomic E-state index is 9.65. The number of hydrogen-bond acceptors (Lipinski definition) is 5. The van der Waals surface area contributed by atoms with Gasteiger partial charge in [-0.3, -0.25) is 4.98 Å². The molecule has 5 heteroatoms. The topological polar surface area (TPSA) is 54.4 Å². The van der Waals surface area contributed by atoms with Crippen LogP contribution in [-0.4, -0.2) is 36.5 Å². The van der Waals surface area contributed by atoms with Gasteiger partial charge in [-0.25, -0.2) is 0 Å². The molecule has 0 aliphatic carbocycles. The lowest BCUT2D eigenvalue weighted by Gasteiger charge is -2.35. The third-order valence-electron chi connectivity index (χ3n) is 4.08. The summed E-state index contributed by atoms with van der Waals surface area (Å²) >= 11 is 1.72. The second kappa shape index (κ2) is 6.18. The minimum atomic E-state index is -0.0152. The number of aliphatic hydroxyl groups is 1. The minimum Gasteiger partial charge on any atom is -0.396 e. The van der Waals surface area contributed by atoms with E-state index < -0.39 is 0 Å². The first-order valence-corrected chi connectivity index (χ1v) is 7.91. The van der Waals surface area contributed by atoms with Crippen LogP contribution in [0.25, 0.3) is 10.2 Å². The van der Waals surface area contributed by atoms with Gasteiger partial charge in [0, 0.05) is 37.9 Å². The van der Waals surface area contributed by atoms with Crippen LogP contribution in [0.4, 0.5) is 0 Å². The van der Waals surface area contributed by atoms with Crippen LogP contribution in [0.1, 0.15) is 18.4 Å². The smallest absolute Gasteiger partial charge is 0.0809 e. The van der Waals surface area contributed by atoms with E-state index in [1.54, 1.807) is 11.3 Å². The summed E-state index contributed by atoms with van der Waals surface area (Å²) in [6.45, 7) is 3.36. The molecule has 0 spiro atoms. The van der Waals surface area contributed by atoms with Gasteiger partial charge in [-0.05, 0) is 35.9 Å². The largest absolute Gasteiger partial charge is 0.396 e. The average Bonchev–Trinajstić information content (AvgIpc) is 2.96. The Balaban J connectivity index is 1.58. The maximum absolute atomic E-state index is 9.65. The lowest BCUT2D eigenvalue weighted by Crippen LogP contribution is -2.41. The average molecular weight is 292 g/mol. The first-order chi connectivity index (χ1) is 9.81. The molecule has 0 saturated carbocycles. The first-order valence-electron chi connectivity index (χ1n) is 7.03. The highest BCUT2D eigenvalue weighted by Gasteiger charge is 2.31. The van der Waals surface area contributed by atoms with Crippen molar-refractivity contribution >= 4 is 21.6 Å². The molecule has 1 saturated heterocycles. The Morgan fingerprint density at radius 1 is 1.40 bits per heavy atom. The van der Waals surface area contributed by atoms with Crippen molar-refractivity contribution in [1.82, 2.24) is 10.3 Å². The van der Waals surface area contributed by atoms with Gasteiger partial charge in [0.1, 0.15) is 0 Å². The number of nitrogens with zero attached hydrogens (tertiary/aromatic N) is 1. The zero-order chi connectivity index (χ0) is 13.8. The van der Waals surface area contributed by atoms with Crippen LogP contribution in [0, 0.1) is 5.41 Å². The van der Waals surface area contributed by atoms with E-state index in [4.69, 9.17) is 4.74 Å². The molecule has 3 rings (SSSR count). The Kier molecular flexibility index (Phi) is 4.31. The number of fused-ring (bicyclic) bond motifs is 1. The Bertz CT molecular complexity index is 564. The van der Waals surface area contributed by atoms with Crippen molar-refractivity contribution in [2.45, 2.75) is 19.4 Å². The van der Waals surface area contributed by atoms with Crippen molar-refractivity contribution in [1.29, 1.82) is 0 Å². The second-order valence-corrected chi connectivity index (χ2v) is 6.47. The van der Waals surface area contributed by atoms with E-state index in [-0.39, 0.29) is 12.0 Å². The van der Waals surface area contributed by atoms with E-state index in [0.29, 0.717) is 0 Å². The minimum absolute atomic E-state index is 0.0152. The number of pyridine rings is 1. The fourth-order valence-corrected chi connectivity index (χ4v) is 3.46. The van der Waals surface area contributed by atoms with Crippen molar-refractivity contribution < 1.29 is 9.84 Å². The van der Waals surface area contributed by atoms with Crippen LogP contribution in [-0.2, 0) is 11.3 Å². The lowest BCUT2D eigenvalue weighted by atomic mass is 9.81. The van der Waals surface area contributed by atoms with Gasteiger partial charge in [0.15, 0.2) is 0 Å². The zero-order valence-corrected chi connectivity index (χ0v) is 12.3. The molecule has 4 nitrogen and oxygen atoms in total. The van der Waals surface area contributed by atoms with E-state index in [1.807, 2.05) is 12.3 Å². The molecule has 1 fully saturated rings. The Morgan fingerprint density at radius 2 is 2.25 bits per heavy atom. The standard InChI is InChI=1S/C15H20N2O2S/c18-11-15(2-4-19-5-3-15)10-16-8-12-7-14-13(17-9-12)1-6-20-14/h1,6-7,9,16,18H,2-5,8,10-11H2. The van der Waals surface area contributed by atoms with Crippen LogP contribution in [0.15, 0.2) is 23.7 Å². The SMILES string of the molecule is OCC1(CNCc2cnc3ccsc3c2)CCOCC1. The van der Waals surface area contributed by atoms with Crippen LogP contribution >= 0.6 is 11.3 Å². The third-order valence-corrected chi connectivity index (χ3v) is 4.93. The molecular formula is C15H20N2O2S. The fourth-order valence-electron chi connectivity index (χ4n) is 2.65. The zero-order valence-electron chi connectivity index (χ0n) is 11.5. The van der Waals surface area contributed by atoms with Crippen LogP contribution < -0.4 is 5.32 Å². The quantitative estimate of drug-likeness (QED) is 0.887. The number of aliphatic hydroxyl groups excluding tert-OH is 1. The summed E-state index contributed by atoms with van der Waals surface area (Å²) in [5.74, 6) is 0. The molecule has 2 N–H and O–H groups in total. The molecule has 3 heterocycles. The number of rotatable bonds is 5. The normalized spacial score (nSPS) is 18.4. The van der Waals surface area contributed by atoms with E-state index in [0.717, 1.165) is 44.7 Å². The molecule has 20 heavy (non-hydrogen) atoms. The number of aromatic nitrogens is 1. The van der Waals surface area contributed by atoms with E-state index >= 15 is 0 Å². The van der Waals surface area contributed by atoms with E-state index in [2.05, 4.69) is 21.7 Å². The van der Waals surface area contributed by atoms with Gasteiger partial charge in [-0.2, -0.15) is 0 Å². The molecule has 0 aromatic carbocycles. The fraction of sp³-hybridized carbons (Fsp3) is 0.533. The van der Waals surface area contributed by atoms with Crippen LogP contribution in [0.2, 0.25) is 0 Å². The molecule has 0 unspecified atom stereocenters. The third kappa shape index (κ3) is 3.01. The van der Waals surface area contributed by atoms with Crippen molar-refractivity contribution in [2.75, 3.05) is 26.4 Å². The highest BCUT2D eigenvalue weighted by molar-refractivity contribution is 7.17. The summed E-state index contributed by atoms with van der Waals surface area (Å²) in [4.78, 5) is 4.45. The highest BCUT2D eigenvalue weighted by Crippen LogP contribution is 2.29. The lowest BCUT2D eigenvalue weighted by molar-refractivity contribution is -0.0154. The van der Waals surface area contributed by atoms with Gasteiger partial charge in [0.25, 0.3) is 0 Å². The number of nitrogens with one attached hydrogen (secondary N) is 1. The summed E-state index contributed by atoms with van der Waals surface area (Å²) < 4.78 is 6.61. The summed E-state index contributed by atoms with van der Waals surface area (Å²) in [5.41, 5.74) is 2.24. The van der Waals surface area contributed by atoms with Crippen LogP contribution in [0.5, 0.6) is 0 Å². The molecule has 0 radical (unpaired) electrons. The predicted octanol–water partition coefficient (Wildman–Crippen LogP) is 2.17. The van der Waals surface area contributed by atoms with Gasteiger partial charge >= 0.3 is 0 Å². The predicted molar refractivity (Wildman–Crippen MR) is 80.9 cm³/mol. The maximum Gasteiger partial charge on any atom is 0.0809 e. The van der Waals surface area contributed by atoms with Gasteiger partial charge in [0.2, 0.25) is 0 Å². The molecule has 0 bridgehead atoms. The molecule has 0 amide bonds. The monoisotopic (exact) mass is 292 g/mol. The van der Waals surface area contributed by atoms with Crippen LogP contribution in [0.3, 0.4) is 0 Å². The van der Waals surface area contributed by atoms with Crippen molar-refractivity contribution in [3.8, 4) is 0 Å². The molecule has 2 aromatic rings.